The normalized spacial score (nSPS) is 25.1. The first-order valence-corrected chi connectivity index (χ1v) is 6.89. The molecule has 1 N–H and O–H groups in total. The number of pyridine rings is 1. The van der Waals surface area contributed by atoms with Crippen molar-refractivity contribution in [3.63, 3.8) is 0 Å². The Kier molecular flexibility index (Phi) is 3.77. The second-order valence-electron chi connectivity index (χ2n) is 3.83. The van der Waals surface area contributed by atoms with Crippen LogP contribution >= 0.6 is 0 Å². The molecule has 0 spiro atoms. The van der Waals surface area contributed by atoms with Crippen LogP contribution in [0.4, 0.5) is 5.82 Å². The monoisotopic (exact) mass is 240 g/mol. The summed E-state index contributed by atoms with van der Waals surface area (Å²) in [7, 11) is 0.997. The van der Waals surface area contributed by atoms with Crippen molar-refractivity contribution < 1.29 is 8.95 Å². The number of methoxy groups -OCH3 is 1. The van der Waals surface area contributed by atoms with E-state index < -0.39 is 10.8 Å². The van der Waals surface area contributed by atoms with Crippen LogP contribution in [0.15, 0.2) is 18.2 Å². The molecule has 1 aliphatic heterocycles. The Morgan fingerprint density at radius 3 is 2.88 bits per heavy atom. The van der Waals surface area contributed by atoms with Gasteiger partial charge in [0.15, 0.2) is 0 Å². The molecule has 2 rings (SSSR count). The summed E-state index contributed by atoms with van der Waals surface area (Å²) in [5.41, 5.74) is 0. The molecule has 16 heavy (non-hydrogen) atoms. The molecule has 88 valence electrons. The first kappa shape index (κ1) is 11.4. The highest BCUT2D eigenvalue weighted by atomic mass is 32.2. The summed E-state index contributed by atoms with van der Waals surface area (Å²) < 4.78 is 16.3. The molecule has 1 aromatic rings. The Morgan fingerprint density at radius 2 is 2.19 bits per heavy atom. The topological polar surface area (TPSA) is 51.2 Å². The molecule has 0 aliphatic carbocycles. The zero-order valence-corrected chi connectivity index (χ0v) is 10.1. The van der Waals surface area contributed by atoms with Crippen LogP contribution in [-0.4, -0.2) is 33.9 Å². The Morgan fingerprint density at radius 1 is 1.44 bits per heavy atom. The van der Waals surface area contributed by atoms with Crippen molar-refractivity contribution in [1.82, 2.24) is 4.98 Å². The van der Waals surface area contributed by atoms with Crippen LogP contribution in [0.3, 0.4) is 0 Å². The molecule has 0 unspecified atom stereocenters. The van der Waals surface area contributed by atoms with E-state index in [0.717, 1.165) is 30.2 Å². The highest BCUT2D eigenvalue weighted by Crippen LogP contribution is 2.16. The number of ether oxygens (including phenoxy) is 1. The number of nitrogens with one attached hydrogen (secondary N) is 1. The summed E-state index contributed by atoms with van der Waals surface area (Å²) in [4.78, 5) is 4.30. The average Bonchev–Trinajstić information content (AvgIpc) is 2.32. The van der Waals surface area contributed by atoms with E-state index in [4.69, 9.17) is 4.74 Å². The number of nitrogens with zero attached hydrogens (tertiary/aromatic N) is 1. The number of aromatic nitrogens is 1. The molecule has 0 radical (unpaired) electrons. The van der Waals surface area contributed by atoms with Crippen LogP contribution in [-0.2, 0) is 10.8 Å². The van der Waals surface area contributed by atoms with Gasteiger partial charge < -0.3 is 10.1 Å². The van der Waals surface area contributed by atoms with Crippen molar-refractivity contribution >= 4 is 16.6 Å². The fourth-order valence-corrected chi connectivity index (χ4v) is 3.06. The minimum Gasteiger partial charge on any atom is -0.481 e. The maximum Gasteiger partial charge on any atom is 0.214 e. The van der Waals surface area contributed by atoms with E-state index in [0.29, 0.717) is 11.9 Å². The Balaban J connectivity index is 1.95. The third kappa shape index (κ3) is 2.95. The predicted molar refractivity (Wildman–Crippen MR) is 65.3 cm³/mol. The Labute approximate surface area is 97.9 Å². The zero-order valence-electron chi connectivity index (χ0n) is 9.31. The Bertz CT molecular complexity index is 374. The third-order valence-corrected chi connectivity index (χ3v) is 4.05. The molecular formula is C11H16N2O2S. The van der Waals surface area contributed by atoms with Gasteiger partial charge in [0.25, 0.3) is 0 Å². The summed E-state index contributed by atoms with van der Waals surface area (Å²) in [5.74, 6) is 3.03. The van der Waals surface area contributed by atoms with Gasteiger partial charge in [-0.15, -0.1) is 0 Å². The fourth-order valence-electron chi connectivity index (χ4n) is 1.76. The van der Waals surface area contributed by atoms with E-state index in [1.165, 1.54) is 0 Å². The lowest BCUT2D eigenvalue weighted by Gasteiger charge is -2.23. The van der Waals surface area contributed by atoms with E-state index in [9.17, 15) is 4.21 Å². The van der Waals surface area contributed by atoms with Crippen molar-refractivity contribution in [3.05, 3.63) is 18.2 Å². The predicted octanol–water partition coefficient (Wildman–Crippen LogP) is 1.41. The number of hydrogen-bond donors (Lipinski definition) is 1. The highest BCUT2D eigenvalue weighted by Gasteiger charge is 2.17. The molecule has 0 amide bonds. The molecule has 5 heteroatoms. The molecular weight excluding hydrogens is 224 g/mol. The lowest BCUT2D eigenvalue weighted by molar-refractivity contribution is 0.398. The number of rotatable bonds is 3. The minimum absolute atomic E-state index is 0.386. The van der Waals surface area contributed by atoms with Crippen molar-refractivity contribution in [2.75, 3.05) is 23.9 Å². The number of hydrogen-bond acceptors (Lipinski definition) is 4. The van der Waals surface area contributed by atoms with Gasteiger partial charge in [-0.25, -0.2) is 0 Å². The van der Waals surface area contributed by atoms with Crippen LogP contribution in [0.1, 0.15) is 12.8 Å². The van der Waals surface area contributed by atoms with Gasteiger partial charge >= 0.3 is 0 Å². The summed E-state index contributed by atoms with van der Waals surface area (Å²) in [6.45, 7) is 0. The van der Waals surface area contributed by atoms with Crippen LogP contribution in [0.25, 0.3) is 0 Å². The molecule has 2 heterocycles. The van der Waals surface area contributed by atoms with Crippen LogP contribution < -0.4 is 10.1 Å². The van der Waals surface area contributed by atoms with Crippen molar-refractivity contribution in [2.45, 2.75) is 18.9 Å². The standard InChI is InChI=1S/C11H16N2O2S/c1-15-11-4-2-3-10(13-11)12-9-5-7-16(14)8-6-9/h2-4,9H,5-8H2,1H3,(H,12,13). The molecule has 0 saturated carbocycles. The Hall–Kier alpha value is -1.10. The van der Waals surface area contributed by atoms with Crippen LogP contribution in [0, 0.1) is 0 Å². The maximum atomic E-state index is 11.2. The zero-order chi connectivity index (χ0) is 11.4. The van der Waals surface area contributed by atoms with Crippen molar-refractivity contribution in [2.24, 2.45) is 0 Å². The second kappa shape index (κ2) is 5.30. The largest absolute Gasteiger partial charge is 0.481 e. The summed E-state index contributed by atoms with van der Waals surface area (Å²) in [6, 6.07) is 6.04. The molecule has 1 saturated heterocycles. The minimum atomic E-state index is -0.610. The molecule has 1 aliphatic rings. The second-order valence-corrected chi connectivity index (χ2v) is 5.53. The van der Waals surface area contributed by atoms with Crippen LogP contribution in [0.5, 0.6) is 5.88 Å². The summed E-state index contributed by atoms with van der Waals surface area (Å²) in [6.07, 6.45) is 1.90. The molecule has 0 aromatic carbocycles. The van der Waals surface area contributed by atoms with Gasteiger partial charge in [-0.1, -0.05) is 6.07 Å². The van der Waals surface area contributed by atoms with Gasteiger partial charge in [-0.3, -0.25) is 4.21 Å². The lowest BCUT2D eigenvalue weighted by Crippen LogP contribution is -2.29. The molecule has 1 aromatic heterocycles. The molecule has 0 bridgehead atoms. The number of anilines is 1. The smallest absolute Gasteiger partial charge is 0.214 e. The summed E-state index contributed by atoms with van der Waals surface area (Å²) >= 11 is 0. The van der Waals surface area contributed by atoms with Crippen molar-refractivity contribution in [3.8, 4) is 5.88 Å². The van der Waals surface area contributed by atoms with Crippen molar-refractivity contribution in [1.29, 1.82) is 0 Å². The SMILES string of the molecule is COc1cccc(NC2CCS(=O)CC2)n1. The molecule has 4 nitrogen and oxygen atoms in total. The van der Waals surface area contributed by atoms with Gasteiger partial charge in [0, 0.05) is 34.4 Å². The van der Waals surface area contributed by atoms with E-state index in [1.54, 1.807) is 7.11 Å². The quantitative estimate of drug-likeness (QED) is 0.868. The lowest BCUT2D eigenvalue weighted by atomic mass is 10.1. The summed E-state index contributed by atoms with van der Waals surface area (Å²) in [5, 5.41) is 3.35. The van der Waals surface area contributed by atoms with Gasteiger partial charge in [-0.05, 0) is 18.9 Å². The van der Waals surface area contributed by atoms with E-state index in [2.05, 4.69) is 10.3 Å². The van der Waals surface area contributed by atoms with Gasteiger partial charge in [0.1, 0.15) is 5.82 Å². The fraction of sp³-hybridized carbons (Fsp3) is 0.545. The maximum absolute atomic E-state index is 11.2. The van der Waals surface area contributed by atoms with E-state index in [1.807, 2.05) is 18.2 Å². The average molecular weight is 240 g/mol. The first-order chi connectivity index (χ1) is 7.78. The van der Waals surface area contributed by atoms with Gasteiger partial charge in [0.2, 0.25) is 5.88 Å². The van der Waals surface area contributed by atoms with Crippen LogP contribution in [0.2, 0.25) is 0 Å². The van der Waals surface area contributed by atoms with E-state index >= 15 is 0 Å². The van der Waals surface area contributed by atoms with E-state index in [-0.39, 0.29) is 0 Å². The highest BCUT2D eigenvalue weighted by molar-refractivity contribution is 7.85. The third-order valence-electron chi connectivity index (χ3n) is 2.67. The first-order valence-electron chi connectivity index (χ1n) is 5.40. The molecule has 1 fully saturated rings. The molecule has 0 atom stereocenters. The van der Waals surface area contributed by atoms with Gasteiger partial charge in [-0.2, -0.15) is 4.98 Å². The van der Waals surface area contributed by atoms with Gasteiger partial charge in [0.05, 0.1) is 7.11 Å².